The molecule has 0 atom stereocenters. The van der Waals surface area contributed by atoms with Crippen LogP contribution in [0.3, 0.4) is 0 Å². The predicted molar refractivity (Wildman–Crippen MR) is 92.0 cm³/mol. The average molecular weight is 322 g/mol. The van der Waals surface area contributed by atoms with E-state index in [2.05, 4.69) is 4.98 Å². The summed E-state index contributed by atoms with van der Waals surface area (Å²) in [6.07, 6.45) is 3.50. The molecule has 0 aliphatic heterocycles. The van der Waals surface area contributed by atoms with Gasteiger partial charge in [0.05, 0.1) is 17.7 Å². The molecule has 0 fully saturated rings. The second-order valence-corrected chi connectivity index (χ2v) is 5.11. The number of nitro groups is 1. The Bertz CT molecular complexity index is 951. The van der Waals surface area contributed by atoms with Gasteiger partial charge in [-0.1, -0.05) is 30.3 Å². The van der Waals surface area contributed by atoms with Crippen LogP contribution in [0.25, 0.3) is 23.1 Å². The first-order valence-electron chi connectivity index (χ1n) is 7.18. The Hall–Kier alpha value is -3.41. The molecule has 0 radical (unpaired) electrons. The van der Waals surface area contributed by atoms with Crippen LogP contribution in [-0.2, 0) is 0 Å². The van der Waals surface area contributed by atoms with E-state index in [0.29, 0.717) is 22.3 Å². The maximum Gasteiger partial charge on any atom is 0.295 e. The van der Waals surface area contributed by atoms with E-state index in [4.69, 9.17) is 4.74 Å². The number of ether oxygens (including phenoxy) is 1. The zero-order valence-electron chi connectivity index (χ0n) is 12.8. The number of aromatic hydroxyl groups is 1. The molecule has 0 bridgehead atoms. The number of hydrogen-bond donors (Lipinski definition) is 1. The molecule has 0 unspecified atom stereocenters. The molecule has 0 aliphatic carbocycles. The van der Waals surface area contributed by atoms with Crippen LogP contribution < -0.4 is 4.74 Å². The van der Waals surface area contributed by atoms with Crippen molar-refractivity contribution < 1.29 is 14.8 Å². The van der Waals surface area contributed by atoms with Crippen molar-refractivity contribution >= 4 is 28.7 Å². The fourth-order valence-corrected chi connectivity index (χ4v) is 2.38. The van der Waals surface area contributed by atoms with Crippen LogP contribution in [0.4, 0.5) is 5.69 Å². The van der Waals surface area contributed by atoms with Gasteiger partial charge in [-0.2, -0.15) is 0 Å². The summed E-state index contributed by atoms with van der Waals surface area (Å²) in [7, 11) is 1.48. The summed E-state index contributed by atoms with van der Waals surface area (Å²) in [5, 5.41) is 21.6. The van der Waals surface area contributed by atoms with Crippen LogP contribution in [0.5, 0.6) is 11.5 Å². The Kier molecular flexibility index (Phi) is 4.11. The number of phenols is 1. The van der Waals surface area contributed by atoms with Gasteiger partial charge in [-0.3, -0.25) is 10.1 Å². The van der Waals surface area contributed by atoms with Crippen molar-refractivity contribution in [1.29, 1.82) is 0 Å². The average Bonchev–Trinajstić information content (AvgIpc) is 2.59. The summed E-state index contributed by atoms with van der Waals surface area (Å²) in [4.78, 5) is 15.0. The second kappa shape index (κ2) is 6.37. The lowest BCUT2D eigenvalue weighted by atomic mass is 10.1. The summed E-state index contributed by atoms with van der Waals surface area (Å²) >= 11 is 0. The number of nitro benzene ring substituents is 1. The maximum atomic E-state index is 11.1. The molecule has 0 aliphatic rings. The number of aromatic nitrogens is 1. The van der Waals surface area contributed by atoms with Crippen molar-refractivity contribution in [3.8, 4) is 11.5 Å². The van der Waals surface area contributed by atoms with Crippen molar-refractivity contribution in [2.45, 2.75) is 0 Å². The summed E-state index contributed by atoms with van der Waals surface area (Å²) < 4.78 is 5.00. The highest BCUT2D eigenvalue weighted by Crippen LogP contribution is 2.27. The lowest BCUT2D eigenvalue weighted by Crippen LogP contribution is -1.92. The number of phenolic OH excluding ortho intramolecular Hbond substituents is 1. The second-order valence-electron chi connectivity index (χ2n) is 5.11. The Labute approximate surface area is 137 Å². The first-order valence-corrected chi connectivity index (χ1v) is 7.18. The van der Waals surface area contributed by atoms with Gasteiger partial charge in [0.1, 0.15) is 5.52 Å². The van der Waals surface area contributed by atoms with Crippen LogP contribution in [0, 0.1) is 10.1 Å². The standard InChI is InChI=1S/C18H14N2O4/c1-24-17-10-6-12(11-16(17)21)5-8-14-9-7-13-3-2-4-15(20(22)23)18(13)19-14/h2-11,21H,1H3/b8-5+. The quantitative estimate of drug-likeness (QED) is 0.579. The van der Waals surface area contributed by atoms with E-state index in [1.807, 2.05) is 0 Å². The van der Waals surface area contributed by atoms with Crippen molar-refractivity contribution in [2.75, 3.05) is 7.11 Å². The van der Waals surface area contributed by atoms with Crippen LogP contribution in [0.15, 0.2) is 48.5 Å². The molecule has 24 heavy (non-hydrogen) atoms. The molecule has 1 heterocycles. The number of nitrogens with zero attached hydrogens (tertiary/aromatic N) is 2. The van der Waals surface area contributed by atoms with Gasteiger partial charge in [-0.15, -0.1) is 0 Å². The molecule has 3 rings (SSSR count). The van der Waals surface area contributed by atoms with E-state index in [0.717, 1.165) is 5.56 Å². The van der Waals surface area contributed by atoms with Gasteiger partial charge in [0.25, 0.3) is 5.69 Å². The highest BCUT2D eigenvalue weighted by atomic mass is 16.6. The van der Waals surface area contributed by atoms with Crippen molar-refractivity contribution in [2.24, 2.45) is 0 Å². The first-order chi connectivity index (χ1) is 11.6. The van der Waals surface area contributed by atoms with E-state index < -0.39 is 4.92 Å². The largest absolute Gasteiger partial charge is 0.504 e. The number of para-hydroxylation sites is 1. The monoisotopic (exact) mass is 322 g/mol. The third-order valence-electron chi connectivity index (χ3n) is 3.57. The number of methoxy groups -OCH3 is 1. The van der Waals surface area contributed by atoms with E-state index in [1.54, 1.807) is 54.6 Å². The Balaban J connectivity index is 1.96. The number of fused-ring (bicyclic) bond motifs is 1. The van der Waals surface area contributed by atoms with Gasteiger partial charge >= 0.3 is 0 Å². The fourth-order valence-electron chi connectivity index (χ4n) is 2.38. The van der Waals surface area contributed by atoms with Gasteiger partial charge < -0.3 is 9.84 Å². The molecule has 6 nitrogen and oxygen atoms in total. The van der Waals surface area contributed by atoms with Crippen LogP contribution in [0.1, 0.15) is 11.3 Å². The third-order valence-corrected chi connectivity index (χ3v) is 3.57. The van der Waals surface area contributed by atoms with E-state index in [-0.39, 0.29) is 11.4 Å². The SMILES string of the molecule is COc1ccc(/C=C/c2ccc3cccc([N+](=O)[O-])c3n2)cc1O. The normalized spacial score (nSPS) is 11.0. The minimum Gasteiger partial charge on any atom is -0.504 e. The topological polar surface area (TPSA) is 85.5 Å². The fraction of sp³-hybridized carbons (Fsp3) is 0.0556. The molecular formula is C18H14N2O4. The lowest BCUT2D eigenvalue weighted by Gasteiger charge is -2.03. The molecule has 3 aromatic rings. The third kappa shape index (κ3) is 3.03. The molecule has 0 saturated carbocycles. The number of benzene rings is 2. The molecule has 2 aromatic carbocycles. The molecule has 6 heteroatoms. The van der Waals surface area contributed by atoms with Crippen molar-refractivity contribution in [3.05, 3.63) is 69.9 Å². The number of pyridine rings is 1. The Morgan fingerprint density at radius 3 is 2.71 bits per heavy atom. The highest BCUT2D eigenvalue weighted by molar-refractivity contribution is 5.88. The molecule has 120 valence electrons. The van der Waals surface area contributed by atoms with Crippen molar-refractivity contribution in [3.63, 3.8) is 0 Å². The summed E-state index contributed by atoms with van der Waals surface area (Å²) in [5.74, 6) is 0.438. The molecular weight excluding hydrogens is 308 g/mol. The van der Waals surface area contributed by atoms with Crippen LogP contribution in [-0.4, -0.2) is 22.1 Å². The van der Waals surface area contributed by atoms with E-state index in [9.17, 15) is 15.2 Å². The van der Waals surface area contributed by atoms with E-state index >= 15 is 0 Å². The minimum absolute atomic E-state index is 0.0233. The minimum atomic E-state index is -0.440. The smallest absolute Gasteiger partial charge is 0.295 e. The summed E-state index contributed by atoms with van der Waals surface area (Å²) in [6, 6.07) is 13.4. The Morgan fingerprint density at radius 2 is 2.00 bits per heavy atom. The number of non-ortho nitro benzene ring substituents is 1. The van der Waals surface area contributed by atoms with E-state index in [1.165, 1.54) is 13.2 Å². The molecule has 0 amide bonds. The Morgan fingerprint density at radius 1 is 1.17 bits per heavy atom. The number of hydrogen-bond acceptors (Lipinski definition) is 5. The van der Waals surface area contributed by atoms with Gasteiger partial charge in [-0.25, -0.2) is 4.98 Å². The lowest BCUT2D eigenvalue weighted by molar-refractivity contribution is -0.383. The number of rotatable bonds is 4. The van der Waals surface area contributed by atoms with Crippen LogP contribution >= 0.6 is 0 Å². The predicted octanol–water partition coefficient (Wildman–Crippen LogP) is 4.03. The molecule has 0 saturated heterocycles. The molecule has 0 spiro atoms. The zero-order chi connectivity index (χ0) is 17.1. The van der Waals surface area contributed by atoms with Crippen LogP contribution in [0.2, 0.25) is 0 Å². The van der Waals surface area contributed by atoms with Gasteiger partial charge in [0.2, 0.25) is 0 Å². The first kappa shape index (κ1) is 15.5. The molecule has 1 aromatic heterocycles. The highest BCUT2D eigenvalue weighted by Gasteiger charge is 2.12. The summed E-state index contributed by atoms with van der Waals surface area (Å²) in [5.41, 5.74) is 1.68. The maximum absolute atomic E-state index is 11.1. The zero-order valence-corrected chi connectivity index (χ0v) is 12.8. The molecule has 1 N–H and O–H groups in total. The van der Waals surface area contributed by atoms with Gasteiger partial charge in [0.15, 0.2) is 11.5 Å². The van der Waals surface area contributed by atoms with Gasteiger partial charge in [-0.05, 0) is 29.8 Å². The van der Waals surface area contributed by atoms with Gasteiger partial charge in [0, 0.05) is 11.5 Å². The summed E-state index contributed by atoms with van der Waals surface area (Å²) in [6.45, 7) is 0. The van der Waals surface area contributed by atoms with Crippen molar-refractivity contribution in [1.82, 2.24) is 4.98 Å².